The number of hydrogen-bond donors (Lipinski definition) is 6. The number of carbonyl (C=O) groups is 6. The van der Waals surface area contributed by atoms with E-state index in [0.29, 0.717) is 63.6 Å². The van der Waals surface area contributed by atoms with E-state index < -0.39 is 59.9 Å². The summed E-state index contributed by atoms with van der Waals surface area (Å²) in [5.74, 6) is -2.95. The van der Waals surface area contributed by atoms with Crippen molar-refractivity contribution in [3.63, 3.8) is 0 Å². The molecule has 6 atom stereocenters. The van der Waals surface area contributed by atoms with Gasteiger partial charge in [-0.05, 0) is 89.7 Å². The Bertz CT molecular complexity index is 1370. The first-order chi connectivity index (χ1) is 23.9. The average molecular weight is 700 g/mol. The monoisotopic (exact) mass is 699 g/mol. The Kier molecular flexibility index (Phi) is 14.0. The average Bonchev–Trinajstić information content (AvgIpc) is 3.78. The number of benzene rings is 1. The van der Waals surface area contributed by atoms with Crippen LogP contribution in [-0.2, 0) is 35.2 Å². The maximum atomic E-state index is 14.1. The highest BCUT2D eigenvalue weighted by Crippen LogP contribution is 2.22. The smallest absolute Gasteiger partial charge is 0.245 e. The van der Waals surface area contributed by atoms with Gasteiger partial charge in [-0.15, -0.1) is 0 Å². The lowest BCUT2D eigenvalue weighted by Crippen LogP contribution is -2.61. The first kappa shape index (κ1) is 38.6. The van der Waals surface area contributed by atoms with Gasteiger partial charge in [-0.25, -0.2) is 0 Å². The van der Waals surface area contributed by atoms with E-state index in [9.17, 15) is 39.0 Å². The van der Waals surface area contributed by atoms with Gasteiger partial charge >= 0.3 is 0 Å². The van der Waals surface area contributed by atoms with E-state index in [2.05, 4.69) is 21.3 Å². The Labute approximate surface area is 293 Å². The van der Waals surface area contributed by atoms with Gasteiger partial charge in [0.1, 0.15) is 36.0 Å². The number of nitrogens with zero attached hydrogens (tertiary/aromatic N) is 3. The highest BCUT2D eigenvalue weighted by molar-refractivity contribution is 5.97. The molecule has 0 saturated carbocycles. The molecule has 6 unspecified atom stereocenters. The Morgan fingerprint density at radius 3 is 2.06 bits per heavy atom. The van der Waals surface area contributed by atoms with E-state index in [4.69, 9.17) is 0 Å². The summed E-state index contributed by atoms with van der Waals surface area (Å²) >= 11 is 0. The van der Waals surface area contributed by atoms with Crippen molar-refractivity contribution >= 4 is 35.4 Å². The minimum absolute atomic E-state index is 0.0253. The van der Waals surface area contributed by atoms with Gasteiger partial charge in [0.2, 0.25) is 35.4 Å². The number of nitrogens with one attached hydrogen (secondary N) is 4. The fourth-order valence-electron chi connectivity index (χ4n) is 6.90. The summed E-state index contributed by atoms with van der Waals surface area (Å²) in [6.45, 7) is 3.20. The molecule has 15 nitrogen and oxygen atoms in total. The Morgan fingerprint density at radius 2 is 1.44 bits per heavy atom. The van der Waals surface area contributed by atoms with E-state index >= 15 is 0 Å². The molecule has 15 heteroatoms. The second-order valence-corrected chi connectivity index (χ2v) is 13.7. The first-order valence-corrected chi connectivity index (χ1v) is 17.8. The maximum Gasteiger partial charge on any atom is 0.245 e. The second-order valence-electron chi connectivity index (χ2n) is 13.7. The molecule has 50 heavy (non-hydrogen) atoms. The van der Waals surface area contributed by atoms with Crippen molar-refractivity contribution in [2.75, 3.05) is 40.3 Å². The standard InChI is InChI=1S/C35H53N7O8/c1-4-24-34(49)42-20-8-11-27(42)32(47)39-30(28(44)21-22-13-15-23(43)16-14-22)33(48)38-25(9-6-18-40(2)3)35(50)41-19-7-10-26(41)31(46)36-17-5-12-29(45)37-24/h13-16,24-28,30,43-44H,4-12,17-21H2,1-3H3,(H,36,46)(H,37,45)(H,38,48)(H,39,47). The van der Waals surface area contributed by atoms with E-state index in [-0.39, 0.29) is 49.9 Å². The summed E-state index contributed by atoms with van der Waals surface area (Å²) in [7, 11) is 3.79. The van der Waals surface area contributed by atoms with Gasteiger partial charge in [-0.2, -0.15) is 0 Å². The van der Waals surface area contributed by atoms with Gasteiger partial charge in [-0.3, -0.25) is 28.8 Å². The number of aromatic hydroxyl groups is 1. The van der Waals surface area contributed by atoms with Crippen LogP contribution in [0.15, 0.2) is 24.3 Å². The van der Waals surface area contributed by atoms with Crippen molar-refractivity contribution in [2.24, 2.45) is 0 Å². The summed E-state index contributed by atoms with van der Waals surface area (Å²) in [6.07, 6.45) is 1.87. The molecule has 4 rings (SSSR count). The molecule has 276 valence electrons. The van der Waals surface area contributed by atoms with Crippen LogP contribution >= 0.6 is 0 Å². The first-order valence-electron chi connectivity index (χ1n) is 17.8. The minimum Gasteiger partial charge on any atom is -0.508 e. The number of rotatable bonds is 8. The van der Waals surface area contributed by atoms with Crippen molar-refractivity contribution < 1.29 is 39.0 Å². The van der Waals surface area contributed by atoms with E-state index in [1.807, 2.05) is 19.0 Å². The highest BCUT2D eigenvalue weighted by atomic mass is 16.3. The van der Waals surface area contributed by atoms with Gasteiger partial charge in [0.05, 0.1) is 6.10 Å². The zero-order chi connectivity index (χ0) is 36.4. The highest BCUT2D eigenvalue weighted by Gasteiger charge is 2.42. The van der Waals surface area contributed by atoms with E-state index in [1.54, 1.807) is 19.1 Å². The van der Waals surface area contributed by atoms with Gasteiger partial charge in [0, 0.05) is 32.5 Å². The number of fused-ring (bicyclic) bond motifs is 2. The number of aliphatic hydroxyl groups is 1. The molecule has 3 heterocycles. The zero-order valence-corrected chi connectivity index (χ0v) is 29.4. The third kappa shape index (κ3) is 10.2. The number of carbonyl (C=O) groups excluding carboxylic acids is 6. The summed E-state index contributed by atoms with van der Waals surface area (Å²) < 4.78 is 0. The molecular formula is C35H53N7O8. The van der Waals surface area contributed by atoms with Gasteiger partial charge < -0.3 is 46.2 Å². The molecule has 6 N–H and O–H groups in total. The van der Waals surface area contributed by atoms with Crippen molar-refractivity contribution in [1.29, 1.82) is 0 Å². The topological polar surface area (TPSA) is 201 Å². The Morgan fingerprint density at radius 1 is 0.820 bits per heavy atom. The van der Waals surface area contributed by atoms with Gasteiger partial charge in [-0.1, -0.05) is 19.1 Å². The van der Waals surface area contributed by atoms with E-state index in [0.717, 1.165) is 0 Å². The third-order valence-corrected chi connectivity index (χ3v) is 9.66. The number of phenols is 1. The van der Waals surface area contributed by atoms with Crippen LogP contribution < -0.4 is 21.3 Å². The summed E-state index contributed by atoms with van der Waals surface area (Å²) in [4.78, 5) is 86.6. The van der Waals surface area contributed by atoms with Crippen molar-refractivity contribution in [1.82, 2.24) is 36.0 Å². The zero-order valence-electron chi connectivity index (χ0n) is 29.4. The molecule has 1 aromatic carbocycles. The fourth-order valence-corrected chi connectivity index (χ4v) is 6.90. The van der Waals surface area contributed by atoms with Crippen LogP contribution in [0.5, 0.6) is 5.75 Å². The molecular weight excluding hydrogens is 646 g/mol. The van der Waals surface area contributed by atoms with Crippen molar-refractivity contribution in [3.05, 3.63) is 29.8 Å². The van der Waals surface area contributed by atoms with Crippen LogP contribution in [0.3, 0.4) is 0 Å². The summed E-state index contributed by atoms with van der Waals surface area (Å²) in [5, 5.41) is 32.3. The van der Waals surface area contributed by atoms with Crippen LogP contribution in [0.1, 0.15) is 70.3 Å². The molecule has 0 spiro atoms. The molecule has 1 aromatic rings. The molecule has 3 aliphatic rings. The van der Waals surface area contributed by atoms with Crippen LogP contribution in [0.25, 0.3) is 0 Å². The van der Waals surface area contributed by atoms with Gasteiger partial charge in [0.15, 0.2) is 0 Å². The molecule has 6 amide bonds. The minimum atomic E-state index is -1.51. The largest absolute Gasteiger partial charge is 0.508 e. The lowest BCUT2D eigenvalue weighted by Gasteiger charge is -2.32. The fraction of sp³-hybridized carbons (Fsp3) is 0.657. The molecule has 0 aliphatic carbocycles. The number of phenolic OH excluding ortho intramolecular Hbond substituents is 1. The normalized spacial score (nSPS) is 26.9. The molecule has 3 aliphatic heterocycles. The van der Waals surface area contributed by atoms with Crippen molar-refractivity contribution in [3.8, 4) is 5.75 Å². The molecule has 0 bridgehead atoms. The Hall–Kier alpha value is -4.24. The molecule has 0 radical (unpaired) electrons. The maximum absolute atomic E-state index is 14.1. The number of hydrogen-bond acceptors (Lipinski definition) is 9. The molecule has 3 fully saturated rings. The quantitative estimate of drug-likeness (QED) is 0.205. The predicted molar refractivity (Wildman–Crippen MR) is 183 cm³/mol. The summed E-state index contributed by atoms with van der Waals surface area (Å²) in [6, 6.07) is 0.970. The van der Waals surface area contributed by atoms with Gasteiger partial charge in [0.25, 0.3) is 0 Å². The second kappa shape index (κ2) is 18.1. The molecule has 0 aromatic heterocycles. The van der Waals surface area contributed by atoms with Crippen LogP contribution in [0, 0.1) is 0 Å². The van der Waals surface area contributed by atoms with E-state index in [1.165, 1.54) is 21.9 Å². The van der Waals surface area contributed by atoms with Crippen LogP contribution in [0.4, 0.5) is 0 Å². The lowest BCUT2D eigenvalue weighted by molar-refractivity contribution is -0.144. The van der Waals surface area contributed by atoms with Crippen LogP contribution in [-0.4, -0.2) is 137 Å². The number of amides is 6. The van der Waals surface area contributed by atoms with Crippen LogP contribution in [0.2, 0.25) is 0 Å². The Balaban J connectivity index is 1.67. The molecule has 3 saturated heterocycles. The number of aliphatic hydroxyl groups excluding tert-OH is 1. The SMILES string of the molecule is CCC1NC(=O)CCCNC(=O)C2CCCN2C(=O)C(CCCN(C)C)NC(=O)C(C(O)Cc2ccc(O)cc2)NC(=O)C2CCCN2C1=O. The van der Waals surface area contributed by atoms with Crippen molar-refractivity contribution in [2.45, 2.75) is 107 Å². The third-order valence-electron chi connectivity index (χ3n) is 9.66. The predicted octanol–water partition coefficient (Wildman–Crippen LogP) is -0.606. The lowest BCUT2D eigenvalue weighted by atomic mass is 9.99. The summed E-state index contributed by atoms with van der Waals surface area (Å²) in [5.41, 5.74) is 0.590.